The number of benzene rings is 2. The third-order valence-electron chi connectivity index (χ3n) is 4.43. The van der Waals surface area contributed by atoms with Crippen molar-refractivity contribution in [3.05, 3.63) is 79.4 Å². The zero-order valence-electron chi connectivity index (χ0n) is 17.4. The van der Waals surface area contributed by atoms with Crippen LogP contribution in [0.25, 0.3) is 5.69 Å². The van der Waals surface area contributed by atoms with Crippen molar-refractivity contribution >= 4 is 39.3 Å². The molecule has 0 fully saturated rings. The quantitative estimate of drug-likeness (QED) is 0.367. The normalized spacial score (nSPS) is 12.2. The lowest BCUT2D eigenvalue weighted by atomic mass is 10.3. The van der Waals surface area contributed by atoms with Gasteiger partial charge in [-0.1, -0.05) is 30.0 Å². The zero-order chi connectivity index (χ0) is 23.3. The van der Waals surface area contributed by atoms with Crippen molar-refractivity contribution in [1.82, 2.24) is 24.7 Å². The molecular weight excluding hydrogens is 462 g/mol. The molecule has 2 N–H and O–H groups in total. The van der Waals surface area contributed by atoms with E-state index in [-0.39, 0.29) is 16.8 Å². The summed E-state index contributed by atoms with van der Waals surface area (Å²) in [7, 11) is -3.85. The molecule has 2 aromatic carbocycles. The van der Waals surface area contributed by atoms with Crippen LogP contribution in [0.2, 0.25) is 0 Å². The van der Waals surface area contributed by atoms with Gasteiger partial charge in [0.2, 0.25) is 11.9 Å². The lowest BCUT2D eigenvalue weighted by molar-refractivity contribution is -0.115. The monoisotopic (exact) mass is 481 g/mol. The number of thioether (sulfide) groups is 1. The van der Waals surface area contributed by atoms with E-state index in [1.54, 1.807) is 23.9 Å². The predicted octanol–water partition coefficient (Wildman–Crippen LogP) is 2.98. The number of rotatable bonds is 8. The Labute approximate surface area is 194 Å². The summed E-state index contributed by atoms with van der Waals surface area (Å²) < 4.78 is 29.0. The van der Waals surface area contributed by atoms with Crippen molar-refractivity contribution in [3.8, 4) is 5.69 Å². The second-order valence-corrected chi connectivity index (χ2v) is 9.76. The predicted molar refractivity (Wildman–Crippen MR) is 125 cm³/mol. The van der Waals surface area contributed by atoms with E-state index in [4.69, 9.17) is 0 Å². The van der Waals surface area contributed by atoms with Crippen molar-refractivity contribution in [2.45, 2.75) is 22.2 Å². The molecule has 2 aromatic heterocycles. The van der Waals surface area contributed by atoms with Crippen LogP contribution >= 0.6 is 11.8 Å². The molecule has 0 saturated carbocycles. The van der Waals surface area contributed by atoms with Crippen LogP contribution < -0.4 is 10.0 Å². The highest BCUT2D eigenvalue weighted by molar-refractivity contribution is 8.00. The van der Waals surface area contributed by atoms with Gasteiger partial charge in [0.1, 0.15) is 6.33 Å². The fraction of sp³-hybridized carbons (Fsp3) is 0.0952. The lowest BCUT2D eigenvalue weighted by Crippen LogP contribution is -2.23. The SMILES string of the molecule is CC(Sc1nncn1-c1ccccc1)C(=O)Nc1ccc(S(=O)(=O)Nc2ncccn2)cc1. The summed E-state index contributed by atoms with van der Waals surface area (Å²) in [6, 6.07) is 17.0. The molecule has 0 aliphatic rings. The number of carbonyl (C=O) groups is 1. The Morgan fingerprint density at radius 2 is 1.70 bits per heavy atom. The number of sulfonamides is 1. The highest BCUT2D eigenvalue weighted by Crippen LogP contribution is 2.25. The van der Waals surface area contributed by atoms with Crippen LogP contribution in [0, 0.1) is 0 Å². The minimum absolute atomic E-state index is 0.0198. The van der Waals surface area contributed by atoms with Gasteiger partial charge in [-0.25, -0.2) is 23.1 Å². The summed E-state index contributed by atoms with van der Waals surface area (Å²) >= 11 is 1.27. The number of hydrogen-bond acceptors (Lipinski definition) is 8. The van der Waals surface area contributed by atoms with Crippen LogP contribution in [-0.2, 0) is 14.8 Å². The van der Waals surface area contributed by atoms with Gasteiger partial charge in [0, 0.05) is 23.8 Å². The number of aromatic nitrogens is 5. The first-order valence-corrected chi connectivity index (χ1v) is 12.1. The van der Waals surface area contributed by atoms with Crippen molar-refractivity contribution in [3.63, 3.8) is 0 Å². The maximum Gasteiger partial charge on any atom is 0.264 e. The molecule has 0 saturated heterocycles. The second kappa shape index (κ2) is 9.79. The van der Waals surface area contributed by atoms with Crippen molar-refractivity contribution in [2.24, 2.45) is 0 Å². The molecule has 4 aromatic rings. The highest BCUT2D eigenvalue weighted by atomic mass is 32.2. The Bertz CT molecular complexity index is 1330. The molecule has 1 atom stereocenters. The summed E-state index contributed by atoms with van der Waals surface area (Å²) in [6.07, 6.45) is 4.46. The van der Waals surface area contributed by atoms with Crippen LogP contribution in [0.4, 0.5) is 11.6 Å². The summed E-state index contributed by atoms with van der Waals surface area (Å²) in [5.41, 5.74) is 1.36. The molecule has 2 heterocycles. The number of anilines is 2. The maximum atomic E-state index is 12.7. The summed E-state index contributed by atoms with van der Waals surface area (Å²) in [6.45, 7) is 1.76. The van der Waals surface area contributed by atoms with Crippen molar-refractivity contribution < 1.29 is 13.2 Å². The smallest absolute Gasteiger partial charge is 0.264 e. The molecule has 4 rings (SSSR count). The first kappa shape index (κ1) is 22.4. The van der Waals surface area contributed by atoms with E-state index in [0.29, 0.717) is 10.8 Å². The highest BCUT2D eigenvalue weighted by Gasteiger charge is 2.20. The minimum atomic E-state index is -3.85. The van der Waals surface area contributed by atoms with Gasteiger partial charge in [0.05, 0.1) is 10.1 Å². The summed E-state index contributed by atoms with van der Waals surface area (Å²) in [5, 5.41) is 10.9. The van der Waals surface area contributed by atoms with E-state index in [9.17, 15) is 13.2 Å². The average molecular weight is 482 g/mol. The van der Waals surface area contributed by atoms with Gasteiger partial charge in [0.25, 0.3) is 10.0 Å². The van der Waals surface area contributed by atoms with Gasteiger partial charge in [-0.05, 0) is 49.4 Å². The van der Waals surface area contributed by atoms with Crippen LogP contribution in [0.15, 0.2) is 89.4 Å². The zero-order valence-corrected chi connectivity index (χ0v) is 19.0. The molecule has 168 valence electrons. The summed E-state index contributed by atoms with van der Waals surface area (Å²) in [5.74, 6) is -0.280. The molecule has 1 amide bonds. The maximum absolute atomic E-state index is 12.7. The summed E-state index contributed by atoms with van der Waals surface area (Å²) in [4.78, 5) is 20.4. The first-order valence-electron chi connectivity index (χ1n) is 9.75. The number of nitrogens with zero attached hydrogens (tertiary/aromatic N) is 5. The van der Waals surface area contributed by atoms with E-state index in [1.807, 2.05) is 30.3 Å². The number of amides is 1. The van der Waals surface area contributed by atoms with E-state index < -0.39 is 15.3 Å². The van der Waals surface area contributed by atoms with Crippen LogP contribution in [0.1, 0.15) is 6.92 Å². The van der Waals surface area contributed by atoms with E-state index in [1.165, 1.54) is 48.4 Å². The Balaban J connectivity index is 1.39. The number of para-hydroxylation sites is 1. The average Bonchev–Trinajstić information content (AvgIpc) is 3.28. The Morgan fingerprint density at radius 1 is 1.00 bits per heavy atom. The molecule has 12 heteroatoms. The standard InChI is InChI=1S/C21H19N7O3S2/c1-15(32-21-26-24-14-28(21)17-6-3-2-4-7-17)19(29)25-16-8-10-18(11-9-16)33(30,31)27-20-22-12-5-13-23-20/h2-15H,1H3,(H,25,29)(H,22,23,27). The molecule has 1 unspecified atom stereocenters. The molecule has 33 heavy (non-hydrogen) atoms. The number of carbonyl (C=O) groups excluding carboxylic acids is 1. The van der Waals surface area contributed by atoms with Crippen LogP contribution in [0.3, 0.4) is 0 Å². The molecule has 0 radical (unpaired) electrons. The van der Waals surface area contributed by atoms with E-state index >= 15 is 0 Å². The first-order chi connectivity index (χ1) is 15.9. The molecule has 0 bridgehead atoms. The molecular formula is C21H19N7O3S2. The molecule has 0 aliphatic carbocycles. The number of hydrogen-bond donors (Lipinski definition) is 2. The fourth-order valence-corrected chi connectivity index (χ4v) is 4.57. The van der Waals surface area contributed by atoms with Gasteiger partial charge in [0.15, 0.2) is 5.16 Å². The van der Waals surface area contributed by atoms with Gasteiger partial charge in [-0.3, -0.25) is 9.36 Å². The van der Waals surface area contributed by atoms with Crippen LogP contribution in [0.5, 0.6) is 0 Å². The second-order valence-electron chi connectivity index (χ2n) is 6.77. The van der Waals surface area contributed by atoms with Gasteiger partial charge in [-0.2, -0.15) is 0 Å². The molecule has 0 spiro atoms. The van der Waals surface area contributed by atoms with Crippen LogP contribution in [-0.4, -0.2) is 44.3 Å². The third-order valence-corrected chi connectivity index (χ3v) is 6.83. The van der Waals surface area contributed by atoms with Gasteiger partial charge < -0.3 is 5.32 Å². The minimum Gasteiger partial charge on any atom is -0.325 e. The fourth-order valence-electron chi connectivity index (χ4n) is 2.77. The van der Waals surface area contributed by atoms with E-state index in [0.717, 1.165) is 5.69 Å². The van der Waals surface area contributed by atoms with Gasteiger partial charge >= 0.3 is 0 Å². The van der Waals surface area contributed by atoms with Gasteiger partial charge in [-0.15, -0.1) is 10.2 Å². The lowest BCUT2D eigenvalue weighted by Gasteiger charge is -2.13. The largest absolute Gasteiger partial charge is 0.325 e. The Morgan fingerprint density at radius 3 is 2.39 bits per heavy atom. The molecule has 0 aliphatic heterocycles. The third kappa shape index (κ3) is 5.54. The van der Waals surface area contributed by atoms with Crippen molar-refractivity contribution in [2.75, 3.05) is 10.0 Å². The van der Waals surface area contributed by atoms with Crippen molar-refractivity contribution in [1.29, 1.82) is 0 Å². The molecule has 10 nitrogen and oxygen atoms in total. The Kier molecular flexibility index (Phi) is 6.66. The van der Waals surface area contributed by atoms with E-state index in [2.05, 4.69) is 30.2 Å². The topological polar surface area (TPSA) is 132 Å². The Hall–Kier alpha value is -3.77. The number of nitrogens with one attached hydrogen (secondary N) is 2.